The Morgan fingerprint density at radius 3 is 2.11 bits per heavy atom. The monoisotopic (exact) mass is 365 g/mol. The molecular formula is C23H18F3N. The Balaban J connectivity index is 1.74. The van der Waals surface area contributed by atoms with Crippen LogP contribution in [0.4, 0.5) is 13.2 Å². The number of aryl methyl sites for hydroxylation is 1. The molecule has 0 N–H and O–H groups in total. The van der Waals surface area contributed by atoms with E-state index in [1.54, 1.807) is 12.1 Å². The van der Waals surface area contributed by atoms with Gasteiger partial charge in [-0.15, -0.1) is 0 Å². The summed E-state index contributed by atoms with van der Waals surface area (Å²) in [6.07, 6.45) is 3.16. The Kier molecular flexibility index (Phi) is 4.48. The number of halogens is 3. The molecule has 0 atom stereocenters. The fourth-order valence-electron chi connectivity index (χ4n) is 3.48. The molecule has 1 heterocycles. The van der Waals surface area contributed by atoms with Crippen LogP contribution in [0.2, 0.25) is 0 Å². The van der Waals surface area contributed by atoms with Gasteiger partial charge in [0.25, 0.3) is 0 Å². The van der Waals surface area contributed by atoms with Gasteiger partial charge >= 0.3 is 0 Å². The standard InChI is InChI=1S/C23H18F3N/c1-2-11-27-12-10-19-18(4-3-5-22(19)27)16-8-6-15(7-9-16)17-13-20(24)23(26)21(25)14-17/h3-10,12-14H,2,11H2,1H3. The topological polar surface area (TPSA) is 4.93 Å². The third kappa shape index (κ3) is 3.12. The predicted octanol–water partition coefficient (Wildman–Crippen LogP) is 6.80. The highest BCUT2D eigenvalue weighted by molar-refractivity contribution is 5.95. The van der Waals surface area contributed by atoms with Gasteiger partial charge in [0.05, 0.1) is 0 Å². The summed E-state index contributed by atoms with van der Waals surface area (Å²) >= 11 is 0. The van der Waals surface area contributed by atoms with Crippen LogP contribution in [-0.2, 0) is 6.54 Å². The van der Waals surface area contributed by atoms with E-state index in [-0.39, 0.29) is 0 Å². The van der Waals surface area contributed by atoms with E-state index in [1.165, 1.54) is 5.52 Å². The first kappa shape index (κ1) is 17.4. The Morgan fingerprint density at radius 2 is 1.44 bits per heavy atom. The summed E-state index contributed by atoms with van der Waals surface area (Å²) in [4.78, 5) is 0. The van der Waals surface area contributed by atoms with Crippen molar-refractivity contribution < 1.29 is 13.2 Å². The van der Waals surface area contributed by atoms with Crippen molar-refractivity contribution in [1.29, 1.82) is 0 Å². The quantitative estimate of drug-likeness (QED) is 0.350. The molecule has 0 saturated carbocycles. The van der Waals surface area contributed by atoms with Gasteiger partial charge in [-0.1, -0.05) is 43.3 Å². The Hall–Kier alpha value is -3.01. The first-order valence-electron chi connectivity index (χ1n) is 8.91. The molecule has 4 heteroatoms. The Bertz CT molecular complexity index is 1090. The lowest BCUT2D eigenvalue weighted by Gasteiger charge is -2.08. The summed E-state index contributed by atoms with van der Waals surface area (Å²) in [6, 6.07) is 17.8. The van der Waals surface area contributed by atoms with E-state index in [0.29, 0.717) is 11.1 Å². The first-order chi connectivity index (χ1) is 13.1. The van der Waals surface area contributed by atoms with Gasteiger partial charge in [0.15, 0.2) is 17.5 Å². The van der Waals surface area contributed by atoms with Crippen LogP contribution in [0, 0.1) is 17.5 Å². The molecule has 1 nitrogen and oxygen atoms in total. The highest BCUT2D eigenvalue weighted by atomic mass is 19.2. The number of hydrogen-bond donors (Lipinski definition) is 0. The smallest absolute Gasteiger partial charge is 0.194 e. The van der Waals surface area contributed by atoms with Gasteiger partial charge in [-0.3, -0.25) is 0 Å². The van der Waals surface area contributed by atoms with E-state index in [4.69, 9.17) is 0 Å². The van der Waals surface area contributed by atoms with E-state index >= 15 is 0 Å². The molecule has 0 aliphatic rings. The summed E-state index contributed by atoms with van der Waals surface area (Å²) in [5.41, 5.74) is 4.24. The molecule has 0 saturated heterocycles. The zero-order valence-corrected chi connectivity index (χ0v) is 14.8. The minimum atomic E-state index is -1.45. The molecule has 4 rings (SSSR count). The minimum absolute atomic E-state index is 0.310. The lowest BCUT2D eigenvalue weighted by molar-refractivity contribution is 0.448. The molecule has 0 radical (unpaired) electrons. The predicted molar refractivity (Wildman–Crippen MR) is 103 cm³/mol. The van der Waals surface area contributed by atoms with Crippen molar-refractivity contribution in [3.8, 4) is 22.3 Å². The second-order valence-corrected chi connectivity index (χ2v) is 6.58. The lowest BCUT2D eigenvalue weighted by Crippen LogP contribution is -1.93. The number of rotatable bonds is 4. The molecule has 0 amide bonds. The largest absolute Gasteiger partial charge is 0.347 e. The van der Waals surface area contributed by atoms with Crippen LogP contribution >= 0.6 is 0 Å². The van der Waals surface area contributed by atoms with E-state index in [0.717, 1.165) is 41.6 Å². The molecule has 4 aromatic rings. The third-order valence-corrected chi connectivity index (χ3v) is 4.79. The summed E-state index contributed by atoms with van der Waals surface area (Å²) in [7, 11) is 0. The first-order valence-corrected chi connectivity index (χ1v) is 8.91. The van der Waals surface area contributed by atoms with Gasteiger partial charge in [-0.25, -0.2) is 13.2 Å². The molecule has 0 fully saturated rings. The number of fused-ring (bicyclic) bond motifs is 1. The fourth-order valence-corrected chi connectivity index (χ4v) is 3.48. The van der Waals surface area contributed by atoms with Crippen LogP contribution in [0.25, 0.3) is 33.2 Å². The highest BCUT2D eigenvalue weighted by Gasteiger charge is 2.12. The van der Waals surface area contributed by atoms with Crippen LogP contribution in [0.5, 0.6) is 0 Å². The molecular weight excluding hydrogens is 347 g/mol. The molecule has 27 heavy (non-hydrogen) atoms. The van der Waals surface area contributed by atoms with Gasteiger partial charge in [0, 0.05) is 23.6 Å². The average molecular weight is 365 g/mol. The number of benzene rings is 3. The summed E-state index contributed by atoms with van der Waals surface area (Å²) in [6.45, 7) is 3.11. The molecule has 0 unspecified atom stereocenters. The van der Waals surface area contributed by atoms with Crippen LogP contribution < -0.4 is 0 Å². The SMILES string of the molecule is CCCn1ccc2c(-c3ccc(-c4cc(F)c(F)c(F)c4)cc3)cccc21. The summed E-state index contributed by atoms with van der Waals surface area (Å²) in [5, 5.41) is 1.16. The van der Waals surface area contributed by atoms with Crippen molar-refractivity contribution >= 4 is 10.9 Å². The maximum atomic E-state index is 13.5. The van der Waals surface area contributed by atoms with Crippen molar-refractivity contribution in [2.45, 2.75) is 19.9 Å². The summed E-state index contributed by atoms with van der Waals surface area (Å²) in [5.74, 6) is -3.81. The normalized spacial score (nSPS) is 11.3. The van der Waals surface area contributed by atoms with Gasteiger partial charge in [0.2, 0.25) is 0 Å². The molecule has 0 bridgehead atoms. The molecule has 0 spiro atoms. The maximum Gasteiger partial charge on any atom is 0.194 e. The molecule has 1 aromatic heterocycles. The van der Waals surface area contributed by atoms with Crippen molar-refractivity contribution in [3.05, 3.63) is 84.3 Å². The van der Waals surface area contributed by atoms with E-state index in [1.807, 2.05) is 18.2 Å². The lowest BCUT2D eigenvalue weighted by atomic mass is 9.98. The summed E-state index contributed by atoms with van der Waals surface area (Å²) < 4.78 is 42.4. The van der Waals surface area contributed by atoms with Gasteiger partial charge in [-0.2, -0.15) is 0 Å². The van der Waals surface area contributed by atoms with Gasteiger partial charge in [0.1, 0.15) is 0 Å². The number of aromatic nitrogens is 1. The third-order valence-electron chi connectivity index (χ3n) is 4.79. The average Bonchev–Trinajstić information content (AvgIpc) is 3.09. The highest BCUT2D eigenvalue weighted by Crippen LogP contribution is 2.32. The zero-order valence-electron chi connectivity index (χ0n) is 14.8. The molecule has 3 aromatic carbocycles. The van der Waals surface area contributed by atoms with E-state index in [2.05, 4.69) is 35.9 Å². The van der Waals surface area contributed by atoms with Crippen molar-refractivity contribution in [1.82, 2.24) is 4.57 Å². The van der Waals surface area contributed by atoms with E-state index < -0.39 is 17.5 Å². The van der Waals surface area contributed by atoms with Crippen molar-refractivity contribution in [2.24, 2.45) is 0 Å². The Morgan fingerprint density at radius 1 is 0.778 bits per heavy atom. The van der Waals surface area contributed by atoms with E-state index in [9.17, 15) is 13.2 Å². The minimum Gasteiger partial charge on any atom is -0.347 e. The second kappa shape index (κ2) is 6.95. The fraction of sp³-hybridized carbons (Fsp3) is 0.130. The van der Waals surface area contributed by atoms with Crippen molar-refractivity contribution in [3.63, 3.8) is 0 Å². The molecule has 0 aliphatic carbocycles. The van der Waals surface area contributed by atoms with Gasteiger partial charge in [-0.05, 0) is 52.9 Å². The molecule has 0 aliphatic heterocycles. The number of hydrogen-bond acceptors (Lipinski definition) is 0. The molecule has 136 valence electrons. The van der Waals surface area contributed by atoms with Crippen LogP contribution in [0.15, 0.2) is 66.9 Å². The van der Waals surface area contributed by atoms with Crippen LogP contribution in [0.1, 0.15) is 13.3 Å². The van der Waals surface area contributed by atoms with Crippen LogP contribution in [-0.4, -0.2) is 4.57 Å². The van der Waals surface area contributed by atoms with Crippen molar-refractivity contribution in [2.75, 3.05) is 0 Å². The van der Waals surface area contributed by atoms with Gasteiger partial charge < -0.3 is 4.57 Å². The zero-order chi connectivity index (χ0) is 19.0. The Labute approximate surface area is 155 Å². The number of nitrogens with zero attached hydrogens (tertiary/aromatic N) is 1. The second-order valence-electron chi connectivity index (χ2n) is 6.58. The maximum absolute atomic E-state index is 13.5. The van der Waals surface area contributed by atoms with Crippen LogP contribution in [0.3, 0.4) is 0 Å².